The van der Waals surface area contributed by atoms with E-state index in [0.29, 0.717) is 16.3 Å². The Kier molecular flexibility index (Phi) is 3.21. The van der Waals surface area contributed by atoms with Gasteiger partial charge in [0.15, 0.2) is 0 Å². The molecule has 1 aliphatic rings. The molecule has 4 nitrogen and oxygen atoms in total. The first-order valence-electron chi connectivity index (χ1n) is 6.10. The summed E-state index contributed by atoms with van der Waals surface area (Å²) < 4.78 is 10.1. The van der Waals surface area contributed by atoms with Gasteiger partial charge in [-0.15, -0.1) is 11.3 Å². The smallest absolute Gasteiger partial charge is 0.341 e. The Hall–Kier alpha value is -1.88. The van der Waals surface area contributed by atoms with Crippen molar-refractivity contribution < 1.29 is 13.9 Å². The number of hydrogen-bond acceptors (Lipinski definition) is 5. The maximum atomic E-state index is 11.9. The first-order valence-corrected chi connectivity index (χ1v) is 6.91. The highest BCUT2D eigenvalue weighted by Gasteiger charge is 2.26. The number of hydrogen-bond donors (Lipinski definition) is 0. The Morgan fingerprint density at radius 2 is 2.42 bits per heavy atom. The van der Waals surface area contributed by atoms with Crippen LogP contribution in [0.3, 0.4) is 0 Å². The lowest BCUT2D eigenvalue weighted by Gasteiger charge is -2.00. The van der Waals surface area contributed by atoms with Gasteiger partial charge in [0.2, 0.25) is 0 Å². The zero-order valence-electron chi connectivity index (χ0n) is 10.5. The second-order valence-corrected chi connectivity index (χ2v) is 5.39. The molecular formula is C14H13NO3S. The number of methoxy groups -OCH3 is 1. The number of aryl methyl sites for hydroxylation is 1. The predicted molar refractivity (Wildman–Crippen MR) is 73.6 cm³/mol. The minimum absolute atomic E-state index is 0.300. The summed E-state index contributed by atoms with van der Waals surface area (Å²) in [5.41, 5.74) is 1.74. The van der Waals surface area contributed by atoms with Crippen molar-refractivity contribution in [2.45, 2.75) is 19.3 Å². The summed E-state index contributed by atoms with van der Waals surface area (Å²) in [7, 11) is 1.40. The van der Waals surface area contributed by atoms with Gasteiger partial charge in [0.05, 0.1) is 25.2 Å². The van der Waals surface area contributed by atoms with Crippen LogP contribution in [0, 0.1) is 0 Å². The molecule has 2 aromatic heterocycles. The Bertz CT molecular complexity index is 625. The number of carbonyl (C=O) groups is 1. The number of fused-ring (bicyclic) bond motifs is 1. The lowest BCUT2D eigenvalue weighted by Crippen LogP contribution is -2.02. The molecule has 0 radical (unpaired) electrons. The highest BCUT2D eigenvalue weighted by molar-refractivity contribution is 7.16. The molecule has 0 unspecified atom stereocenters. The first kappa shape index (κ1) is 12.2. The van der Waals surface area contributed by atoms with E-state index in [2.05, 4.69) is 4.99 Å². The molecule has 0 aromatic carbocycles. The van der Waals surface area contributed by atoms with Crippen LogP contribution in [0.15, 0.2) is 27.8 Å². The molecule has 0 atom stereocenters. The Morgan fingerprint density at radius 3 is 3.16 bits per heavy atom. The minimum Gasteiger partial charge on any atom is -0.465 e. The summed E-state index contributed by atoms with van der Waals surface area (Å²) in [5.74, 6) is 0.371. The lowest BCUT2D eigenvalue weighted by atomic mass is 10.1. The highest BCUT2D eigenvalue weighted by Crippen LogP contribution is 2.41. The van der Waals surface area contributed by atoms with E-state index in [1.54, 1.807) is 29.9 Å². The van der Waals surface area contributed by atoms with Gasteiger partial charge in [-0.05, 0) is 37.0 Å². The van der Waals surface area contributed by atoms with E-state index < -0.39 is 0 Å². The van der Waals surface area contributed by atoms with E-state index >= 15 is 0 Å². The van der Waals surface area contributed by atoms with Crippen molar-refractivity contribution in [3.05, 3.63) is 40.2 Å². The normalized spacial score (nSPS) is 13.9. The number of nitrogens with zero attached hydrogens (tertiary/aromatic N) is 1. The molecule has 2 heterocycles. The average Bonchev–Trinajstić information content (AvgIpc) is 3.11. The maximum Gasteiger partial charge on any atom is 0.341 e. The Balaban J connectivity index is 1.99. The van der Waals surface area contributed by atoms with Crippen LogP contribution in [0.5, 0.6) is 0 Å². The molecular weight excluding hydrogens is 262 g/mol. The van der Waals surface area contributed by atoms with Crippen LogP contribution >= 0.6 is 11.3 Å². The summed E-state index contributed by atoms with van der Waals surface area (Å²) in [6.45, 7) is 0. The van der Waals surface area contributed by atoms with Gasteiger partial charge < -0.3 is 9.15 Å². The first-order chi connectivity index (χ1) is 9.29. The molecule has 0 saturated heterocycles. The minimum atomic E-state index is -0.300. The standard InChI is InChI=1S/C14H13NO3S/c1-17-14(16)12-10-5-2-6-11(10)19-13(12)15-8-9-4-3-7-18-9/h3-4,7-8H,2,5-6H2,1H3. The third kappa shape index (κ3) is 2.21. The summed E-state index contributed by atoms with van der Waals surface area (Å²) in [6.07, 6.45) is 6.30. The van der Waals surface area contributed by atoms with Crippen molar-refractivity contribution in [3.8, 4) is 0 Å². The van der Waals surface area contributed by atoms with Crippen molar-refractivity contribution in [3.63, 3.8) is 0 Å². The summed E-state index contributed by atoms with van der Waals surface area (Å²) >= 11 is 1.57. The van der Waals surface area contributed by atoms with E-state index in [0.717, 1.165) is 24.8 Å². The van der Waals surface area contributed by atoms with Gasteiger partial charge in [0, 0.05) is 4.88 Å². The van der Waals surface area contributed by atoms with Gasteiger partial charge in [-0.3, -0.25) is 0 Å². The number of esters is 1. The third-order valence-corrected chi connectivity index (χ3v) is 4.34. The summed E-state index contributed by atoms with van der Waals surface area (Å²) in [5, 5.41) is 0.716. The van der Waals surface area contributed by atoms with Crippen LogP contribution in [0.25, 0.3) is 0 Å². The average molecular weight is 275 g/mol. The van der Waals surface area contributed by atoms with Crippen molar-refractivity contribution >= 4 is 28.5 Å². The van der Waals surface area contributed by atoms with Gasteiger partial charge in [-0.2, -0.15) is 0 Å². The molecule has 0 spiro atoms. The molecule has 0 amide bonds. The topological polar surface area (TPSA) is 51.8 Å². The SMILES string of the molecule is COC(=O)c1c(N=Cc2ccco2)sc2c1CCC2. The fourth-order valence-electron chi connectivity index (χ4n) is 2.28. The molecule has 98 valence electrons. The van der Waals surface area contributed by atoms with Crippen molar-refractivity contribution in [2.75, 3.05) is 7.11 Å². The van der Waals surface area contributed by atoms with Gasteiger partial charge in [0.1, 0.15) is 10.8 Å². The number of ether oxygens (including phenoxy) is 1. The lowest BCUT2D eigenvalue weighted by molar-refractivity contribution is 0.0601. The Labute approximate surface area is 114 Å². The summed E-state index contributed by atoms with van der Waals surface area (Å²) in [4.78, 5) is 17.5. The van der Waals surface area contributed by atoms with Crippen LogP contribution in [-0.2, 0) is 17.6 Å². The molecule has 1 aliphatic carbocycles. The molecule has 0 bridgehead atoms. The highest BCUT2D eigenvalue weighted by atomic mass is 32.1. The second-order valence-electron chi connectivity index (χ2n) is 4.30. The Morgan fingerprint density at radius 1 is 1.53 bits per heavy atom. The molecule has 0 fully saturated rings. The van der Waals surface area contributed by atoms with Crippen LogP contribution < -0.4 is 0 Å². The molecule has 5 heteroatoms. The van der Waals surface area contributed by atoms with E-state index in [1.807, 2.05) is 6.07 Å². The van der Waals surface area contributed by atoms with Crippen molar-refractivity contribution in [2.24, 2.45) is 4.99 Å². The van der Waals surface area contributed by atoms with Gasteiger partial charge in [-0.25, -0.2) is 9.79 Å². The summed E-state index contributed by atoms with van der Waals surface area (Å²) in [6, 6.07) is 3.62. The largest absolute Gasteiger partial charge is 0.465 e. The molecule has 0 aliphatic heterocycles. The molecule has 3 rings (SSSR count). The maximum absolute atomic E-state index is 11.9. The zero-order chi connectivity index (χ0) is 13.2. The number of aliphatic imine (C=N–C) groups is 1. The molecule has 2 aromatic rings. The van der Waals surface area contributed by atoms with Crippen molar-refractivity contribution in [1.29, 1.82) is 0 Å². The quantitative estimate of drug-likeness (QED) is 0.637. The van der Waals surface area contributed by atoms with E-state index in [9.17, 15) is 4.79 Å². The van der Waals surface area contributed by atoms with Gasteiger partial charge >= 0.3 is 5.97 Å². The fourth-order valence-corrected chi connectivity index (χ4v) is 3.50. The number of furan rings is 1. The van der Waals surface area contributed by atoms with E-state index in [-0.39, 0.29) is 5.97 Å². The van der Waals surface area contributed by atoms with E-state index in [4.69, 9.17) is 9.15 Å². The molecule has 19 heavy (non-hydrogen) atoms. The zero-order valence-corrected chi connectivity index (χ0v) is 11.3. The number of carbonyl (C=O) groups excluding carboxylic acids is 1. The van der Waals surface area contributed by atoms with Crippen LogP contribution in [0.2, 0.25) is 0 Å². The third-order valence-electron chi connectivity index (χ3n) is 3.14. The van der Waals surface area contributed by atoms with Gasteiger partial charge in [-0.1, -0.05) is 0 Å². The second kappa shape index (κ2) is 5.01. The van der Waals surface area contributed by atoms with E-state index in [1.165, 1.54) is 12.0 Å². The number of thiophene rings is 1. The number of rotatable bonds is 3. The monoisotopic (exact) mass is 275 g/mol. The van der Waals surface area contributed by atoms with Crippen LogP contribution in [-0.4, -0.2) is 19.3 Å². The van der Waals surface area contributed by atoms with Crippen LogP contribution in [0.4, 0.5) is 5.00 Å². The van der Waals surface area contributed by atoms with Crippen LogP contribution in [0.1, 0.15) is 33.0 Å². The van der Waals surface area contributed by atoms with Crippen molar-refractivity contribution in [1.82, 2.24) is 0 Å². The molecule has 0 saturated carbocycles. The molecule has 0 N–H and O–H groups in total. The van der Waals surface area contributed by atoms with Gasteiger partial charge in [0.25, 0.3) is 0 Å². The predicted octanol–water partition coefficient (Wildman–Crippen LogP) is 3.37. The fraction of sp³-hybridized carbons (Fsp3) is 0.286.